The number of amides is 1. The Morgan fingerprint density at radius 1 is 1.08 bits per heavy atom. The summed E-state index contributed by atoms with van der Waals surface area (Å²) in [5.41, 5.74) is 1.99. The van der Waals surface area contributed by atoms with Crippen LogP contribution in [0.1, 0.15) is 30.3 Å². The molecule has 2 aromatic heterocycles. The number of hydrogen-bond donors (Lipinski definition) is 1. The highest BCUT2D eigenvalue weighted by Gasteiger charge is 2.33. The fourth-order valence-corrected chi connectivity index (χ4v) is 6.12. The number of ether oxygens (including phenoxy) is 2. The van der Waals surface area contributed by atoms with Gasteiger partial charge in [0.1, 0.15) is 11.8 Å². The molecular formula is C29H25N3O5S2. The first-order chi connectivity index (χ1) is 19.0. The summed E-state index contributed by atoms with van der Waals surface area (Å²) in [5, 5.41) is 4.87. The second-order valence-corrected chi connectivity index (χ2v) is 10.5. The SMILES string of the molecule is CCOC(=O)COc1ccccc1/C=c1\sc2n(c1=O)[C@@H](c1cccs1)C(C(=O)Nc1ccccc1)=C(C)N=2. The van der Waals surface area contributed by atoms with Gasteiger partial charge in [0.2, 0.25) is 0 Å². The molecular weight excluding hydrogens is 534 g/mol. The zero-order chi connectivity index (χ0) is 27.4. The summed E-state index contributed by atoms with van der Waals surface area (Å²) in [4.78, 5) is 45.2. The standard InChI is InChI=1S/C29H25N3O5S2/c1-3-36-24(33)17-37-21-13-8-7-10-19(21)16-23-28(35)32-26(22-14-9-15-38-22)25(18(2)30-29(32)39-23)27(34)31-20-11-5-4-6-12-20/h4-16,26H,3,17H2,1-2H3,(H,31,34)/b23-16-/t26-/m0/s1. The van der Waals surface area contributed by atoms with Crippen molar-refractivity contribution in [3.05, 3.63) is 114 Å². The first-order valence-corrected chi connectivity index (χ1v) is 14.0. The van der Waals surface area contributed by atoms with Crippen LogP contribution in [-0.4, -0.2) is 29.7 Å². The number of benzene rings is 2. The Morgan fingerprint density at radius 2 is 1.85 bits per heavy atom. The first-order valence-electron chi connectivity index (χ1n) is 12.3. The van der Waals surface area contributed by atoms with Crippen LogP contribution in [0.3, 0.4) is 0 Å². The van der Waals surface area contributed by atoms with Gasteiger partial charge in [-0.1, -0.05) is 53.8 Å². The fraction of sp³-hybridized carbons (Fsp3) is 0.172. The minimum Gasteiger partial charge on any atom is -0.481 e. The lowest BCUT2D eigenvalue weighted by atomic mass is 10.0. The number of hydrogen-bond acceptors (Lipinski definition) is 8. The van der Waals surface area contributed by atoms with Gasteiger partial charge in [0.25, 0.3) is 11.5 Å². The van der Waals surface area contributed by atoms with Crippen LogP contribution in [0.4, 0.5) is 5.69 Å². The molecule has 0 aliphatic carbocycles. The summed E-state index contributed by atoms with van der Waals surface area (Å²) < 4.78 is 12.6. The van der Waals surface area contributed by atoms with Crippen LogP contribution >= 0.6 is 22.7 Å². The molecule has 1 atom stereocenters. The molecule has 4 aromatic rings. The van der Waals surface area contributed by atoms with Crippen molar-refractivity contribution in [1.29, 1.82) is 0 Å². The molecule has 1 amide bonds. The minimum absolute atomic E-state index is 0.239. The third-order valence-electron chi connectivity index (χ3n) is 5.97. The third-order valence-corrected chi connectivity index (χ3v) is 7.87. The van der Waals surface area contributed by atoms with E-state index in [1.807, 2.05) is 53.9 Å². The molecule has 1 aliphatic heterocycles. The van der Waals surface area contributed by atoms with E-state index in [-0.39, 0.29) is 24.7 Å². The molecule has 0 radical (unpaired) electrons. The van der Waals surface area contributed by atoms with Crippen LogP contribution < -0.4 is 24.9 Å². The second kappa shape index (κ2) is 11.6. The van der Waals surface area contributed by atoms with Crippen molar-refractivity contribution in [2.75, 3.05) is 18.5 Å². The lowest BCUT2D eigenvalue weighted by molar-refractivity contribution is -0.145. The quantitative estimate of drug-likeness (QED) is 0.331. The predicted octanol–water partition coefficient (Wildman–Crippen LogP) is 3.88. The summed E-state index contributed by atoms with van der Waals surface area (Å²) in [6, 6.07) is 19.5. The largest absolute Gasteiger partial charge is 0.481 e. The van der Waals surface area contributed by atoms with Crippen molar-refractivity contribution in [1.82, 2.24) is 4.57 Å². The molecule has 198 valence electrons. The number of allylic oxidation sites excluding steroid dienone is 1. The Balaban J connectivity index is 1.57. The number of esters is 1. The molecule has 2 aromatic carbocycles. The van der Waals surface area contributed by atoms with Crippen LogP contribution in [-0.2, 0) is 14.3 Å². The molecule has 0 bridgehead atoms. The van der Waals surface area contributed by atoms with Crippen molar-refractivity contribution in [2.45, 2.75) is 19.9 Å². The Labute approximate surface area is 232 Å². The van der Waals surface area contributed by atoms with Crippen LogP contribution in [0.2, 0.25) is 0 Å². The van der Waals surface area contributed by atoms with E-state index in [2.05, 4.69) is 10.3 Å². The number of thiazole rings is 1. The summed E-state index contributed by atoms with van der Waals surface area (Å²) >= 11 is 2.72. The van der Waals surface area contributed by atoms with E-state index >= 15 is 0 Å². The highest BCUT2D eigenvalue weighted by Crippen LogP contribution is 2.33. The van der Waals surface area contributed by atoms with E-state index < -0.39 is 12.0 Å². The second-order valence-electron chi connectivity index (χ2n) is 8.55. The first kappa shape index (κ1) is 26.3. The molecule has 5 rings (SSSR count). The van der Waals surface area contributed by atoms with Gasteiger partial charge >= 0.3 is 5.97 Å². The zero-order valence-electron chi connectivity index (χ0n) is 21.2. The fourth-order valence-electron chi connectivity index (χ4n) is 4.26. The maximum absolute atomic E-state index is 13.8. The van der Waals surface area contributed by atoms with Gasteiger partial charge in [-0.25, -0.2) is 9.79 Å². The lowest BCUT2D eigenvalue weighted by Crippen LogP contribution is -2.40. The molecule has 0 fully saturated rings. The molecule has 10 heteroatoms. The van der Waals surface area contributed by atoms with E-state index in [0.717, 1.165) is 4.88 Å². The van der Waals surface area contributed by atoms with Crippen LogP contribution in [0.15, 0.2) is 93.2 Å². The van der Waals surface area contributed by atoms with E-state index in [4.69, 9.17) is 9.47 Å². The van der Waals surface area contributed by atoms with Gasteiger partial charge < -0.3 is 14.8 Å². The average Bonchev–Trinajstić information content (AvgIpc) is 3.57. The van der Waals surface area contributed by atoms with Gasteiger partial charge in [-0.15, -0.1) is 11.3 Å². The topological polar surface area (TPSA) is 99.0 Å². The summed E-state index contributed by atoms with van der Waals surface area (Å²) in [7, 11) is 0. The van der Waals surface area contributed by atoms with Crippen LogP contribution in [0.25, 0.3) is 6.08 Å². The normalized spacial score (nSPS) is 14.9. The minimum atomic E-state index is -0.623. The number of anilines is 1. The Morgan fingerprint density at radius 3 is 2.59 bits per heavy atom. The van der Waals surface area contributed by atoms with Crippen molar-refractivity contribution in [3.8, 4) is 5.75 Å². The number of carbonyl (C=O) groups is 2. The van der Waals surface area contributed by atoms with Crippen molar-refractivity contribution < 1.29 is 19.1 Å². The molecule has 39 heavy (non-hydrogen) atoms. The van der Waals surface area contributed by atoms with E-state index in [1.54, 1.807) is 42.7 Å². The van der Waals surface area contributed by atoms with Gasteiger partial charge in [0.05, 0.1) is 22.4 Å². The van der Waals surface area contributed by atoms with E-state index in [9.17, 15) is 14.4 Å². The van der Waals surface area contributed by atoms with E-state index in [1.165, 1.54) is 22.7 Å². The van der Waals surface area contributed by atoms with Gasteiger partial charge in [-0.05, 0) is 49.6 Å². The number of thiophene rings is 1. The highest BCUT2D eigenvalue weighted by atomic mass is 32.1. The van der Waals surface area contributed by atoms with Crippen LogP contribution in [0.5, 0.6) is 5.75 Å². The molecule has 1 aliphatic rings. The van der Waals surface area contributed by atoms with Gasteiger partial charge in [0, 0.05) is 16.1 Å². The zero-order valence-corrected chi connectivity index (χ0v) is 22.9. The number of nitrogens with zero attached hydrogens (tertiary/aromatic N) is 2. The Bertz CT molecular complexity index is 1720. The van der Waals surface area contributed by atoms with Gasteiger partial charge in [0.15, 0.2) is 11.4 Å². The molecule has 8 nitrogen and oxygen atoms in total. The number of para-hydroxylation sites is 2. The van der Waals surface area contributed by atoms with Gasteiger partial charge in [-0.3, -0.25) is 14.2 Å². The Hall–Kier alpha value is -4.28. The van der Waals surface area contributed by atoms with Gasteiger partial charge in [-0.2, -0.15) is 0 Å². The predicted molar refractivity (Wildman–Crippen MR) is 152 cm³/mol. The molecule has 0 saturated heterocycles. The molecule has 3 heterocycles. The number of carbonyl (C=O) groups excluding carboxylic acids is 2. The van der Waals surface area contributed by atoms with Crippen LogP contribution in [0, 0.1) is 0 Å². The summed E-state index contributed by atoms with van der Waals surface area (Å²) in [5.74, 6) is -0.336. The summed E-state index contributed by atoms with van der Waals surface area (Å²) in [6.07, 6.45) is 1.72. The lowest BCUT2D eigenvalue weighted by Gasteiger charge is -2.24. The average molecular weight is 560 g/mol. The number of fused-ring (bicyclic) bond motifs is 1. The molecule has 0 saturated carbocycles. The summed E-state index contributed by atoms with van der Waals surface area (Å²) in [6.45, 7) is 3.54. The van der Waals surface area contributed by atoms with Crippen molar-refractivity contribution in [3.63, 3.8) is 0 Å². The number of rotatable bonds is 8. The molecule has 0 unspecified atom stereocenters. The van der Waals surface area contributed by atoms with Crippen molar-refractivity contribution >= 4 is 46.3 Å². The number of nitrogens with one attached hydrogen (secondary N) is 1. The van der Waals surface area contributed by atoms with Crippen molar-refractivity contribution in [2.24, 2.45) is 4.99 Å². The molecule has 0 spiro atoms. The third kappa shape index (κ3) is 5.62. The van der Waals surface area contributed by atoms with E-state index in [0.29, 0.717) is 37.6 Å². The maximum Gasteiger partial charge on any atom is 0.344 e. The monoisotopic (exact) mass is 559 g/mol. The molecule has 1 N–H and O–H groups in total. The Kier molecular flexibility index (Phi) is 7.85. The number of aromatic nitrogens is 1. The smallest absolute Gasteiger partial charge is 0.344 e. The highest BCUT2D eigenvalue weighted by molar-refractivity contribution is 7.10. The maximum atomic E-state index is 13.8.